The maximum absolute atomic E-state index is 12.3. The van der Waals surface area contributed by atoms with E-state index in [2.05, 4.69) is 10.4 Å². The molecule has 0 fully saturated rings. The third-order valence-electron chi connectivity index (χ3n) is 3.31. The van der Waals surface area contributed by atoms with Crippen molar-refractivity contribution in [1.29, 1.82) is 0 Å². The third-order valence-corrected chi connectivity index (χ3v) is 3.31. The number of aliphatic hydroxyl groups excluding tert-OH is 1. The Labute approximate surface area is 130 Å². The molecule has 1 heterocycles. The lowest BCUT2D eigenvalue weighted by Crippen LogP contribution is -2.34. The Balaban J connectivity index is 2.03. The zero-order valence-electron chi connectivity index (χ0n) is 13.0. The van der Waals surface area contributed by atoms with Gasteiger partial charge >= 0.3 is 0 Å². The predicted octanol–water partition coefficient (Wildman–Crippen LogP) is 1.56. The summed E-state index contributed by atoms with van der Waals surface area (Å²) in [5, 5.41) is 16.1. The van der Waals surface area contributed by atoms with Crippen molar-refractivity contribution in [3.63, 3.8) is 0 Å². The molecular formula is C16H22N4O2. The topological polar surface area (TPSA) is 70.4 Å². The van der Waals surface area contributed by atoms with Gasteiger partial charge in [-0.2, -0.15) is 5.10 Å². The number of aromatic nitrogens is 2. The van der Waals surface area contributed by atoms with E-state index in [9.17, 15) is 4.79 Å². The largest absolute Gasteiger partial charge is 0.396 e. The summed E-state index contributed by atoms with van der Waals surface area (Å²) in [5.74, 6) is 0.572. The molecule has 2 rings (SSSR count). The standard InChI is InChI=1S/C16H22N4O2/c1-13-11-15(19(2)18-13)17-16(22)12-20(9-6-10-21)14-7-4-3-5-8-14/h3-5,7-8,11,21H,6,9-10,12H2,1-2H3,(H,17,22). The molecular weight excluding hydrogens is 280 g/mol. The lowest BCUT2D eigenvalue weighted by molar-refractivity contribution is -0.115. The highest BCUT2D eigenvalue weighted by Gasteiger charge is 2.13. The maximum Gasteiger partial charge on any atom is 0.245 e. The van der Waals surface area contributed by atoms with Crippen LogP contribution in [0.2, 0.25) is 0 Å². The quantitative estimate of drug-likeness (QED) is 0.814. The number of hydrogen-bond donors (Lipinski definition) is 2. The molecule has 0 radical (unpaired) electrons. The minimum Gasteiger partial charge on any atom is -0.396 e. The molecule has 1 amide bonds. The zero-order chi connectivity index (χ0) is 15.9. The molecule has 0 aliphatic rings. The van der Waals surface area contributed by atoms with Crippen LogP contribution in [0.25, 0.3) is 0 Å². The third kappa shape index (κ3) is 4.33. The summed E-state index contributed by atoms with van der Waals surface area (Å²) in [6.45, 7) is 2.84. The van der Waals surface area contributed by atoms with E-state index in [1.807, 2.05) is 48.2 Å². The van der Waals surface area contributed by atoms with E-state index in [-0.39, 0.29) is 19.1 Å². The Kier molecular flexibility index (Phi) is 5.55. The number of rotatable bonds is 7. The lowest BCUT2D eigenvalue weighted by atomic mass is 10.2. The smallest absolute Gasteiger partial charge is 0.245 e. The Hall–Kier alpha value is -2.34. The van der Waals surface area contributed by atoms with Gasteiger partial charge in [0.25, 0.3) is 0 Å². The second-order valence-corrected chi connectivity index (χ2v) is 5.18. The van der Waals surface area contributed by atoms with Crippen molar-refractivity contribution in [3.05, 3.63) is 42.1 Å². The lowest BCUT2D eigenvalue weighted by Gasteiger charge is -2.24. The van der Waals surface area contributed by atoms with Crippen LogP contribution in [0.3, 0.4) is 0 Å². The molecule has 0 atom stereocenters. The molecule has 0 aliphatic heterocycles. The number of carbonyl (C=O) groups is 1. The number of nitrogens with zero attached hydrogens (tertiary/aromatic N) is 3. The van der Waals surface area contributed by atoms with E-state index in [0.717, 1.165) is 11.4 Å². The van der Waals surface area contributed by atoms with Crippen LogP contribution in [-0.4, -0.2) is 40.5 Å². The van der Waals surface area contributed by atoms with Crippen LogP contribution < -0.4 is 10.2 Å². The molecule has 22 heavy (non-hydrogen) atoms. The first-order valence-corrected chi connectivity index (χ1v) is 7.31. The molecule has 0 bridgehead atoms. The van der Waals surface area contributed by atoms with Gasteiger partial charge in [-0.25, -0.2) is 0 Å². The fourth-order valence-corrected chi connectivity index (χ4v) is 2.28. The maximum atomic E-state index is 12.3. The van der Waals surface area contributed by atoms with Crippen LogP contribution in [0.4, 0.5) is 11.5 Å². The molecule has 2 aromatic rings. The first-order chi connectivity index (χ1) is 10.6. The Morgan fingerprint density at radius 3 is 2.68 bits per heavy atom. The highest BCUT2D eigenvalue weighted by Crippen LogP contribution is 2.14. The molecule has 0 saturated carbocycles. The number of hydrogen-bond acceptors (Lipinski definition) is 4. The van der Waals surface area contributed by atoms with E-state index >= 15 is 0 Å². The number of nitrogens with one attached hydrogen (secondary N) is 1. The van der Waals surface area contributed by atoms with Gasteiger partial charge in [-0.05, 0) is 25.5 Å². The second kappa shape index (κ2) is 7.61. The fraction of sp³-hybridized carbons (Fsp3) is 0.375. The molecule has 1 aromatic carbocycles. The summed E-state index contributed by atoms with van der Waals surface area (Å²) in [5.41, 5.74) is 1.82. The number of anilines is 2. The summed E-state index contributed by atoms with van der Waals surface area (Å²) in [6, 6.07) is 11.6. The van der Waals surface area contributed by atoms with Gasteiger partial charge in [-0.1, -0.05) is 18.2 Å². The van der Waals surface area contributed by atoms with Crippen molar-refractivity contribution >= 4 is 17.4 Å². The Morgan fingerprint density at radius 1 is 1.36 bits per heavy atom. The van der Waals surface area contributed by atoms with Gasteiger partial charge in [0.2, 0.25) is 5.91 Å². The van der Waals surface area contributed by atoms with Gasteiger partial charge in [0.15, 0.2) is 0 Å². The van der Waals surface area contributed by atoms with Gasteiger partial charge in [-0.15, -0.1) is 0 Å². The van der Waals surface area contributed by atoms with Crippen molar-refractivity contribution in [2.24, 2.45) is 7.05 Å². The number of para-hydroxylation sites is 1. The number of benzene rings is 1. The van der Waals surface area contributed by atoms with Crippen molar-refractivity contribution in [1.82, 2.24) is 9.78 Å². The van der Waals surface area contributed by atoms with E-state index < -0.39 is 0 Å². The van der Waals surface area contributed by atoms with Crippen LogP contribution >= 0.6 is 0 Å². The molecule has 0 spiro atoms. The first-order valence-electron chi connectivity index (χ1n) is 7.31. The van der Waals surface area contributed by atoms with Crippen molar-refractivity contribution < 1.29 is 9.90 Å². The normalized spacial score (nSPS) is 10.5. The van der Waals surface area contributed by atoms with E-state index in [1.54, 1.807) is 11.7 Å². The van der Waals surface area contributed by atoms with Crippen LogP contribution in [0.1, 0.15) is 12.1 Å². The monoisotopic (exact) mass is 302 g/mol. The molecule has 1 aromatic heterocycles. The molecule has 6 nitrogen and oxygen atoms in total. The average molecular weight is 302 g/mol. The van der Waals surface area contributed by atoms with Gasteiger partial charge in [0.1, 0.15) is 5.82 Å². The Bertz CT molecular complexity index is 610. The second-order valence-electron chi connectivity index (χ2n) is 5.18. The summed E-state index contributed by atoms with van der Waals surface area (Å²) in [6.07, 6.45) is 0.618. The highest BCUT2D eigenvalue weighted by molar-refractivity contribution is 5.93. The minimum absolute atomic E-state index is 0.103. The van der Waals surface area contributed by atoms with Gasteiger partial charge in [-0.3, -0.25) is 9.48 Å². The van der Waals surface area contributed by atoms with E-state index in [4.69, 9.17) is 5.11 Å². The molecule has 0 aliphatic carbocycles. The molecule has 0 saturated heterocycles. The SMILES string of the molecule is Cc1cc(NC(=O)CN(CCCO)c2ccccc2)n(C)n1. The Morgan fingerprint density at radius 2 is 2.09 bits per heavy atom. The average Bonchev–Trinajstić information content (AvgIpc) is 2.82. The van der Waals surface area contributed by atoms with Crippen LogP contribution in [0.15, 0.2) is 36.4 Å². The van der Waals surface area contributed by atoms with Gasteiger partial charge in [0, 0.05) is 32.0 Å². The molecule has 118 valence electrons. The molecule has 0 unspecified atom stereocenters. The van der Waals surface area contributed by atoms with Crippen LogP contribution in [0, 0.1) is 6.92 Å². The van der Waals surface area contributed by atoms with Gasteiger partial charge in [0.05, 0.1) is 12.2 Å². The highest BCUT2D eigenvalue weighted by atomic mass is 16.3. The van der Waals surface area contributed by atoms with Crippen molar-refractivity contribution in [2.75, 3.05) is 29.9 Å². The number of aliphatic hydroxyl groups is 1. The van der Waals surface area contributed by atoms with Crippen LogP contribution in [-0.2, 0) is 11.8 Å². The zero-order valence-corrected chi connectivity index (χ0v) is 13.0. The summed E-state index contributed by atoms with van der Waals surface area (Å²) >= 11 is 0. The minimum atomic E-state index is -0.107. The predicted molar refractivity (Wildman–Crippen MR) is 86.9 cm³/mol. The summed E-state index contributed by atoms with van der Waals surface area (Å²) < 4.78 is 1.65. The number of amides is 1. The number of aryl methyl sites for hydroxylation is 2. The van der Waals surface area contributed by atoms with Crippen molar-refractivity contribution in [2.45, 2.75) is 13.3 Å². The van der Waals surface area contributed by atoms with E-state index in [0.29, 0.717) is 18.8 Å². The summed E-state index contributed by atoms with van der Waals surface area (Å²) in [4.78, 5) is 14.2. The van der Waals surface area contributed by atoms with E-state index in [1.165, 1.54) is 0 Å². The molecule has 6 heteroatoms. The first kappa shape index (κ1) is 16.0. The van der Waals surface area contributed by atoms with Gasteiger partial charge < -0.3 is 15.3 Å². The fourth-order valence-electron chi connectivity index (χ4n) is 2.28. The van der Waals surface area contributed by atoms with Crippen molar-refractivity contribution in [3.8, 4) is 0 Å². The summed E-state index contributed by atoms with van der Waals surface area (Å²) in [7, 11) is 1.79. The number of carbonyl (C=O) groups excluding carboxylic acids is 1. The van der Waals surface area contributed by atoms with Crippen LogP contribution in [0.5, 0.6) is 0 Å². The molecule has 2 N–H and O–H groups in total.